The highest BCUT2D eigenvalue weighted by atomic mass is 16.5. The summed E-state index contributed by atoms with van der Waals surface area (Å²) >= 11 is 0. The lowest BCUT2D eigenvalue weighted by atomic mass is 9.84. The highest BCUT2D eigenvalue weighted by Gasteiger charge is 2.43. The molecule has 0 spiro atoms. The number of likely N-dealkylation sites (N-methyl/N-ethyl adjacent to an activating group) is 1. The number of methoxy groups -OCH3 is 2. The Hall–Kier alpha value is -1.95. The van der Waals surface area contributed by atoms with Gasteiger partial charge in [0.25, 0.3) is 0 Å². The fourth-order valence-corrected chi connectivity index (χ4v) is 5.39. The van der Waals surface area contributed by atoms with E-state index in [1.165, 1.54) is 18.2 Å². The minimum absolute atomic E-state index is 0.0201. The number of likely N-dealkylation sites (tertiary alicyclic amines) is 1. The molecule has 0 N–H and O–H groups in total. The number of amides is 1. The first kappa shape index (κ1) is 21.3. The average Bonchev–Trinajstić information content (AvgIpc) is 3.32. The van der Waals surface area contributed by atoms with E-state index in [1.807, 2.05) is 30.1 Å². The first-order valence-corrected chi connectivity index (χ1v) is 11.1. The van der Waals surface area contributed by atoms with Crippen LogP contribution in [0.4, 0.5) is 0 Å². The number of nitrogens with zero attached hydrogens (tertiary/aromatic N) is 2. The van der Waals surface area contributed by atoms with E-state index in [9.17, 15) is 4.79 Å². The molecule has 2 aromatic rings. The zero-order valence-electron chi connectivity index (χ0n) is 18.4. The second-order valence-corrected chi connectivity index (χ2v) is 8.72. The molecule has 0 bridgehead atoms. The molecule has 30 heavy (non-hydrogen) atoms. The van der Waals surface area contributed by atoms with Crippen molar-refractivity contribution in [1.82, 2.24) is 9.80 Å². The predicted octanol–water partition coefficient (Wildman–Crippen LogP) is 3.50. The van der Waals surface area contributed by atoms with Crippen LogP contribution in [0.5, 0.6) is 0 Å². The fourth-order valence-electron chi connectivity index (χ4n) is 5.39. The van der Waals surface area contributed by atoms with Crippen molar-refractivity contribution in [2.24, 2.45) is 0 Å². The van der Waals surface area contributed by atoms with Gasteiger partial charge in [-0.05, 0) is 55.1 Å². The van der Waals surface area contributed by atoms with Gasteiger partial charge < -0.3 is 14.4 Å². The van der Waals surface area contributed by atoms with E-state index in [2.05, 4.69) is 29.2 Å². The summed E-state index contributed by atoms with van der Waals surface area (Å²) in [6.45, 7) is 2.22. The monoisotopic (exact) mass is 410 g/mol. The van der Waals surface area contributed by atoms with Crippen LogP contribution in [-0.4, -0.2) is 74.4 Å². The summed E-state index contributed by atoms with van der Waals surface area (Å²) in [5.74, 6) is 0.172. The third kappa shape index (κ3) is 4.25. The van der Waals surface area contributed by atoms with E-state index in [-0.39, 0.29) is 24.2 Å². The Morgan fingerprint density at radius 3 is 2.40 bits per heavy atom. The molecule has 162 valence electrons. The highest BCUT2D eigenvalue weighted by Crippen LogP contribution is 2.32. The molecule has 2 aromatic carbocycles. The van der Waals surface area contributed by atoms with Gasteiger partial charge in [0.05, 0.1) is 18.6 Å². The highest BCUT2D eigenvalue weighted by molar-refractivity contribution is 5.90. The van der Waals surface area contributed by atoms with Gasteiger partial charge in [-0.3, -0.25) is 9.69 Å². The minimum Gasteiger partial charge on any atom is -0.379 e. The van der Waals surface area contributed by atoms with Gasteiger partial charge in [0.2, 0.25) is 5.91 Å². The lowest BCUT2D eigenvalue weighted by molar-refractivity contribution is -0.140. The molecule has 1 amide bonds. The van der Waals surface area contributed by atoms with Gasteiger partial charge >= 0.3 is 0 Å². The van der Waals surface area contributed by atoms with Gasteiger partial charge in [-0.25, -0.2) is 0 Å². The summed E-state index contributed by atoms with van der Waals surface area (Å²) in [6.07, 6.45) is 4.72. The number of benzene rings is 2. The van der Waals surface area contributed by atoms with Crippen LogP contribution < -0.4 is 0 Å². The topological polar surface area (TPSA) is 42.0 Å². The molecule has 2 aliphatic rings. The molecule has 1 heterocycles. The summed E-state index contributed by atoms with van der Waals surface area (Å²) in [4.78, 5) is 17.9. The van der Waals surface area contributed by atoms with Gasteiger partial charge in [-0.2, -0.15) is 0 Å². The van der Waals surface area contributed by atoms with Gasteiger partial charge in [-0.15, -0.1) is 0 Å². The molecular weight excluding hydrogens is 376 g/mol. The summed E-state index contributed by atoms with van der Waals surface area (Å²) in [5.41, 5.74) is 1.09. The number of hydrogen-bond acceptors (Lipinski definition) is 4. The number of hydrogen-bond donors (Lipinski definition) is 0. The zero-order valence-corrected chi connectivity index (χ0v) is 18.4. The van der Waals surface area contributed by atoms with Crippen LogP contribution in [0.3, 0.4) is 0 Å². The normalized spacial score (nSPS) is 27.4. The fraction of sp³-hybridized carbons (Fsp3) is 0.560. The SMILES string of the molecule is CO[C@H]1C[C@@H](N(C)C(=O)Cc2cccc3ccccc23)[C@H](N2CCCC2)C[C@H]1OC. The van der Waals surface area contributed by atoms with E-state index < -0.39 is 0 Å². The smallest absolute Gasteiger partial charge is 0.227 e. The molecule has 0 aromatic heterocycles. The molecule has 1 saturated carbocycles. The van der Waals surface area contributed by atoms with Crippen LogP contribution in [0.2, 0.25) is 0 Å². The van der Waals surface area contributed by atoms with Crippen molar-refractivity contribution in [3.8, 4) is 0 Å². The predicted molar refractivity (Wildman–Crippen MR) is 120 cm³/mol. The van der Waals surface area contributed by atoms with Crippen LogP contribution in [-0.2, 0) is 20.7 Å². The van der Waals surface area contributed by atoms with E-state index in [1.54, 1.807) is 14.2 Å². The van der Waals surface area contributed by atoms with Gasteiger partial charge in [0, 0.05) is 33.4 Å². The Morgan fingerprint density at radius 1 is 1.00 bits per heavy atom. The summed E-state index contributed by atoms with van der Waals surface area (Å²) in [6, 6.07) is 15.0. The van der Waals surface area contributed by atoms with Crippen LogP contribution in [0.25, 0.3) is 10.8 Å². The minimum atomic E-state index is 0.0201. The van der Waals surface area contributed by atoms with Crippen molar-refractivity contribution in [3.05, 3.63) is 48.0 Å². The first-order chi connectivity index (χ1) is 14.6. The van der Waals surface area contributed by atoms with Crippen molar-refractivity contribution < 1.29 is 14.3 Å². The second kappa shape index (κ2) is 9.46. The number of carbonyl (C=O) groups is 1. The average molecular weight is 411 g/mol. The number of ether oxygens (including phenoxy) is 2. The molecule has 5 nitrogen and oxygen atoms in total. The first-order valence-electron chi connectivity index (χ1n) is 11.1. The molecule has 1 aliphatic heterocycles. The van der Waals surface area contributed by atoms with Gasteiger partial charge in [-0.1, -0.05) is 42.5 Å². The summed E-state index contributed by atoms with van der Waals surface area (Å²) < 4.78 is 11.5. The van der Waals surface area contributed by atoms with Gasteiger partial charge in [0.15, 0.2) is 0 Å². The van der Waals surface area contributed by atoms with Crippen LogP contribution in [0.15, 0.2) is 42.5 Å². The van der Waals surface area contributed by atoms with Crippen molar-refractivity contribution >= 4 is 16.7 Å². The Morgan fingerprint density at radius 2 is 1.67 bits per heavy atom. The maximum atomic E-state index is 13.4. The molecule has 4 atom stereocenters. The van der Waals surface area contributed by atoms with E-state index >= 15 is 0 Å². The second-order valence-electron chi connectivity index (χ2n) is 8.72. The molecule has 1 aliphatic carbocycles. The van der Waals surface area contributed by atoms with E-state index in [0.29, 0.717) is 12.5 Å². The van der Waals surface area contributed by atoms with Crippen molar-refractivity contribution in [3.63, 3.8) is 0 Å². The van der Waals surface area contributed by atoms with Crippen molar-refractivity contribution in [1.29, 1.82) is 0 Å². The number of rotatable bonds is 6. The Bertz CT molecular complexity index is 859. The molecule has 1 saturated heterocycles. The van der Waals surface area contributed by atoms with Crippen molar-refractivity contribution in [2.75, 3.05) is 34.4 Å². The quantitative estimate of drug-likeness (QED) is 0.731. The van der Waals surface area contributed by atoms with E-state index in [0.717, 1.165) is 36.9 Å². The molecule has 4 rings (SSSR count). The van der Waals surface area contributed by atoms with Crippen molar-refractivity contribution in [2.45, 2.75) is 56.4 Å². The largest absolute Gasteiger partial charge is 0.379 e. The number of carbonyl (C=O) groups excluding carboxylic acids is 1. The Kier molecular flexibility index (Phi) is 6.71. The Balaban J connectivity index is 1.55. The number of fused-ring (bicyclic) bond motifs is 1. The molecule has 2 fully saturated rings. The molecule has 5 heteroatoms. The third-order valence-corrected chi connectivity index (χ3v) is 7.13. The maximum Gasteiger partial charge on any atom is 0.227 e. The van der Waals surface area contributed by atoms with Crippen LogP contribution in [0.1, 0.15) is 31.2 Å². The molecule has 0 unspecified atom stereocenters. The van der Waals surface area contributed by atoms with E-state index in [4.69, 9.17) is 9.47 Å². The van der Waals surface area contributed by atoms with Crippen LogP contribution >= 0.6 is 0 Å². The lowest BCUT2D eigenvalue weighted by Crippen LogP contribution is -2.59. The molecular formula is C25H34N2O3. The van der Waals surface area contributed by atoms with Crippen LogP contribution in [0, 0.1) is 0 Å². The molecule has 0 radical (unpaired) electrons. The maximum absolute atomic E-state index is 13.4. The van der Waals surface area contributed by atoms with Gasteiger partial charge in [0.1, 0.15) is 0 Å². The zero-order chi connectivity index (χ0) is 21.1. The Labute approximate surface area is 179 Å². The summed E-state index contributed by atoms with van der Waals surface area (Å²) in [5, 5.41) is 2.34. The summed E-state index contributed by atoms with van der Waals surface area (Å²) in [7, 11) is 5.50. The lowest BCUT2D eigenvalue weighted by Gasteiger charge is -2.47. The standard InChI is InChI=1S/C25H34N2O3/c1-26(25(28)15-19-11-8-10-18-9-4-5-12-20(18)19)21-16-23(29-2)24(30-3)17-22(21)27-13-6-7-14-27/h4-5,8-12,21-24H,6-7,13-17H2,1-3H3/t21-,22-,23+,24-/m1/s1. The third-order valence-electron chi connectivity index (χ3n) is 7.13.